The number of pyridine rings is 1. The van der Waals surface area contributed by atoms with Crippen molar-refractivity contribution in [3.8, 4) is 0 Å². The molecule has 0 spiro atoms. The third-order valence-electron chi connectivity index (χ3n) is 3.07. The Morgan fingerprint density at radius 1 is 1.24 bits per heavy atom. The van der Waals surface area contributed by atoms with Gasteiger partial charge in [0.1, 0.15) is 11.7 Å². The summed E-state index contributed by atoms with van der Waals surface area (Å²) in [6, 6.07) is 0.494. The number of nitrogens with zero attached hydrogens (tertiary/aromatic N) is 1. The Morgan fingerprint density at radius 3 is 2.32 bits per heavy atom. The summed E-state index contributed by atoms with van der Waals surface area (Å²) in [5.74, 6) is -2.74. The Morgan fingerprint density at radius 2 is 1.88 bits per heavy atom. The number of carbonyl (C=O) groups is 3. The predicted molar refractivity (Wildman–Crippen MR) is 80.6 cm³/mol. The molecule has 1 aromatic heterocycles. The second-order valence-corrected chi connectivity index (χ2v) is 5.70. The van der Waals surface area contributed by atoms with Crippen LogP contribution < -0.4 is 10.6 Å². The van der Waals surface area contributed by atoms with E-state index < -0.39 is 42.1 Å². The lowest BCUT2D eigenvalue weighted by atomic mass is 10.0. The van der Waals surface area contributed by atoms with Crippen molar-refractivity contribution in [2.24, 2.45) is 5.92 Å². The Hall–Kier alpha value is -2.65. The first-order chi connectivity index (χ1) is 11.5. The van der Waals surface area contributed by atoms with E-state index in [9.17, 15) is 27.6 Å². The van der Waals surface area contributed by atoms with Gasteiger partial charge in [0.25, 0.3) is 5.91 Å². The summed E-state index contributed by atoms with van der Waals surface area (Å²) in [6.07, 6.45) is -3.84. The summed E-state index contributed by atoms with van der Waals surface area (Å²) in [6.45, 7) is 3.06. The van der Waals surface area contributed by atoms with Crippen molar-refractivity contribution < 1.29 is 32.7 Å². The largest absolute Gasteiger partial charge is 0.480 e. The normalized spacial score (nSPS) is 12.6. The monoisotopic (exact) mass is 361 g/mol. The van der Waals surface area contributed by atoms with E-state index in [0.29, 0.717) is 12.3 Å². The lowest BCUT2D eigenvalue weighted by Gasteiger charge is -2.16. The molecule has 138 valence electrons. The lowest BCUT2D eigenvalue weighted by Crippen LogP contribution is -2.46. The number of hydrogen-bond acceptors (Lipinski definition) is 4. The molecule has 0 fully saturated rings. The number of hydrogen-bond donors (Lipinski definition) is 3. The molecule has 1 atom stereocenters. The quantitative estimate of drug-likeness (QED) is 0.681. The van der Waals surface area contributed by atoms with E-state index in [1.54, 1.807) is 13.8 Å². The molecule has 3 N–H and O–H groups in total. The average Bonchev–Trinajstić information content (AvgIpc) is 2.50. The van der Waals surface area contributed by atoms with Crippen LogP contribution in [0.15, 0.2) is 18.3 Å². The first-order valence-electron chi connectivity index (χ1n) is 7.34. The Kier molecular flexibility index (Phi) is 6.89. The molecule has 0 aromatic carbocycles. The van der Waals surface area contributed by atoms with Gasteiger partial charge >= 0.3 is 12.1 Å². The molecular weight excluding hydrogens is 343 g/mol. The van der Waals surface area contributed by atoms with E-state index in [1.807, 2.05) is 0 Å². The van der Waals surface area contributed by atoms with Gasteiger partial charge in [-0.15, -0.1) is 0 Å². The fourth-order valence-corrected chi connectivity index (χ4v) is 1.89. The summed E-state index contributed by atoms with van der Waals surface area (Å²) < 4.78 is 37.2. The smallest absolute Gasteiger partial charge is 0.417 e. The summed E-state index contributed by atoms with van der Waals surface area (Å²) in [5, 5.41) is 13.4. The molecule has 0 unspecified atom stereocenters. The van der Waals surface area contributed by atoms with Crippen molar-refractivity contribution in [2.45, 2.75) is 32.5 Å². The first-order valence-corrected chi connectivity index (χ1v) is 7.34. The van der Waals surface area contributed by atoms with Crippen LogP contribution in [0.2, 0.25) is 0 Å². The number of rotatable bonds is 7. The molecule has 0 saturated carbocycles. The van der Waals surface area contributed by atoms with Crippen molar-refractivity contribution in [3.05, 3.63) is 29.6 Å². The van der Waals surface area contributed by atoms with Crippen molar-refractivity contribution >= 4 is 17.8 Å². The maximum Gasteiger partial charge on any atom is 0.417 e. The van der Waals surface area contributed by atoms with Crippen LogP contribution in [0, 0.1) is 5.92 Å². The van der Waals surface area contributed by atoms with Crippen molar-refractivity contribution in [1.82, 2.24) is 15.6 Å². The molecule has 1 rings (SSSR count). The van der Waals surface area contributed by atoms with Crippen LogP contribution in [-0.2, 0) is 15.8 Å². The molecule has 1 heterocycles. The zero-order valence-electron chi connectivity index (χ0n) is 13.6. The molecule has 1 aromatic rings. The van der Waals surface area contributed by atoms with Crippen LogP contribution >= 0.6 is 0 Å². The Labute approximate surface area is 141 Å². The van der Waals surface area contributed by atoms with Gasteiger partial charge in [0.15, 0.2) is 0 Å². The van der Waals surface area contributed by atoms with Gasteiger partial charge in [-0.1, -0.05) is 13.8 Å². The molecule has 0 bridgehead atoms. The molecule has 0 aliphatic carbocycles. The van der Waals surface area contributed by atoms with Gasteiger partial charge in [-0.05, 0) is 24.5 Å². The number of amides is 2. The Bertz CT molecular complexity index is 630. The number of aliphatic carboxylic acids is 1. The SMILES string of the molecule is CC(C)C[C@H](NC(=O)CNC(=O)c1ccc(C(F)(F)F)cn1)C(=O)O. The number of carboxylic acid groups (broad SMARTS) is 1. The number of carboxylic acids is 1. The van der Waals surface area contributed by atoms with Crippen LogP contribution in [-0.4, -0.2) is 40.5 Å². The second-order valence-electron chi connectivity index (χ2n) is 5.70. The number of halogens is 3. The molecule has 7 nitrogen and oxygen atoms in total. The fraction of sp³-hybridized carbons (Fsp3) is 0.467. The minimum Gasteiger partial charge on any atom is -0.480 e. The molecule has 2 amide bonds. The van der Waals surface area contributed by atoms with Gasteiger partial charge in [0.2, 0.25) is 5.91 Å². The van der Waals surface area contributed by atoms with Crippen molar-refractivity contribution in [2.75, 3.05) is 6.54 Å². The van der Waals surface area contributed by atoms with E-state index in [1.165, 1.54) is 0 Å². The van der Waals surface area contributed by atoms with Crippen LogP contribution in [0.25, 0.3) is 0 Å². The summed E-state index contributed by atoms with van der Waals surface area (Å²) in [7, 11) is 0. The van der Waals surface area contributed by atoms with Gasteiger partial charge in [-0.3, -0.25) is 14.6 Å². The predicted octanol–water partition coefficient (Wildman–Crippen LogP) is 1.45. The maximum absolute atomic E-state index is 12.4. The summed E-state index contributed by atoms with van der Waals surface area (Å²) >= 11 is 0. The van der Waals surface area contributed by atoms with E-state index in [0.717, 1.165) is 6.07 Å². The van der Waals surface area contributed by atoms with Gasteiger partial charge < -0.3 is 15.7 Å². The van der Waals surface area contributed by atoms with E-state index in [2.05, 4.69) is 15.6 Å². The molecule has 0 radical (unpaired) electrons. The average molecular weight is 361 g/mol. The Balaban J connectivity index is 2.58. The minimum absolute atomic E-state index is 0.0346. The minimum atomic E-state index is -4.57. The van der Waals surface area contributed by atoms with Gasteiger partial charge in [0.05, 0.1) is 12.1 Å². The van der Waals surface area contributed by atoms with Crippen molar-refractivity contribution in [3.63, 3.8) is 0 Å². The highest BCUT2D eigenvalue weighted by Gasteiger charge is 2.31. The zero-order valence-corrected chi connectivity index (χ0v) is 13.6. The highest BCUT2D eigenvalue weighted by molar-refractivity contribution is 5.95. The number of nitrogens with one attached hydrogen (secondary N) is 2. The fourth-order valence-electron chi connectivity index (χ4n) is 1.89. The maximum atomic E-state index is 12.4. The van der Waals surface area contributed by atoms with E-state index in [-0.39, 0.29) is 18.0 Å². The van der Waals surface area contributed by atoms with E-state index in [4.69, 9.17) is 5.11 Å². The zero-order chi connectivity index (χ0) is 19.2. The molecular formula is C15H18F3N3O4. The molecule has 10 heteroatoms. The third kappa shape index (κ3) is 6.77. The van der Waals surface area contributed by atoms with Gasteiger partial charge in [0, 0.05) is 6.20 Å². The summed E-state index contributed by atoms with van der Waals surface area (Å²) in [4.78, 5) is 37.9. The topological polar surface area (TPSA) is 108 Å². The molecule has 0 saturated heterocycles. The van der Waals surface area contributed by atoms with Crippen LogP contribution in [0.1, 0.15) is 36.3 Å². The second kappa shape index (κ2) is 8.45. The summed E-state index contributed by atoms with van der Waals surface area (Å²) in [5.41, 5.74) is -1.29. The lowest BCUT2D eigenvalue weighted by molar-refractivity contribution is -0.142. The molecule has 0 aliphatic rings. The van der Waals surface area contributed by atoms with Crippen LogP contribution in [0.3, 0.4) is 0 Å². The number of aromatic nitrogens is 1. The van der Waals surface area contributed by atoms with Crippen LogP contribution in [0.4, 0.5) is 13.2 Å². The first kappa shape index (κ1) is 20.4. The molecule has 0 aliphatic heterocycles. The van der Waals surface area contributed by atoms with Crippen molar-refractivity contribution in [1.29, 1.82) is 0 Å². The van der Waals surface area contributed by atoms with E-state index >= 15 is 0 Å². The standard InChI is InChI=1S/C15H18F3N3O4/c1-8(2)5-11(14(24)25)21-12(22)7-20-13(23)10-4-3-9(6-19-10)15(16,17)18/h3-4,6,8,11H,5,7H2,1-2H3,(H,20,23)(H,21,22)(H,24,25)/t11-/m0/s1. The number of alkyl halides is 3. The van der Waals surface area contributed by atoms with Gasteiger partial charge in [-0.25, -0.2) is 4.79 Å². The highest BCUT2D eigenvalue weighted by Crippen LogP contribution is 2.28. The van der Waals surface area contributed by atoms with Gasteiger partial charge in [-0.2, -0.15) is 13.2 Å². The van der Waals surface area contributed by atoms with Crippen LogP contribution in [0.5, 0.6) is 0 Å². The third-order valence-corrected chi connectivity index (χ3v) is 3.07. The number of carbonyl (C=O) groups excluding carboxylic acids is 2. The molecule has 25 heavy (non-hydrogen) atoms. The highest BCUT2D eigenvalue weighted by atomic mass is 19.4.